The molecule has 0 aliphatic carbocycles. The fourth-order valence-electron chi connectivity index (χ4n) is 1.11. The van der Waals surface area contributed by atoms with Crippen molar-refractivity contribution in [1.82, 2.24) is 0 Å². The highest BCUT2D eigenvalue weighted by molar-refractivity contribution is 5.88. The molecule has 2 N–H and O–H groups in total. The van der Waals surface area contributed by atoms with Crippen LogP contribution >= 0.6 is 0 Å². The molecular weight excluding hydrogens is 150 g/mol. The maximum absolute atomic E-state index is 11.5. The van der Waals surface area contributed by atoms with Crippen LogP contribution in [-0.4, -0.2) is 11.8 Å². The molecule has 0 fully saturated rings. The van der Waals surface area contributed by atoms with Crippen LogP contribution in [0.1, 0.15) is 47.0 Å². The van der Waals surface area contributed by atoms with Crippen molar-refractivity contribution in [1.29, 1.82) is 0 Å². The minimum absolute atomic E-state index is 0.177. The van der Waals surface area contributed by atoms with E-state index in [1.165, 1.54) is 0 Å². The first kappa shape index (κ1) is 11.6. The van der Waals surface area contributed by atoms with E-state index in [2.05, 4.69) is 6.92 Å². The van der Waals surface area contributed by atoms with Crippen LogP contribution in [0.15, 0.2) is 0 Å². The zero-order chi connectivity index (χ0) is 9.78. The van der Waals surface area contributed by atoms with Gasteiger partial charge in [0.1, 0.15) is 0 Å². The summed E-state index contributed by atoms with van der Waals surface area (Å²) in [5, 5.41) is 0. The predicted molar refractivity (Wildman–Crippen MR) is 52.0 cm³/mol. The normalized spacial score (nSPS) is 14.4. The topological polar surface area (TPSA) is 43.1 Å². The quantitative estimate of drug-likeness (QED) is 0.704. The van der Waals surface area contributed by atoms with Gasteiger partial charge in [0.05, 0.1) is 6.04 Å². The van der Waals surface area contributed by atoms with Crippen LogP contribution in [0.4, 0.5) is 0 Å². The smallest absolute Gasteiger partial charge is 0.154 e. The Balaban J connectivity index is 3.94. The highest BCUT2D eigenvalue weighted by Crippen LogP contribution is 2.17. The second-order valence-corrected chi connectivity index (χ2v) is 4.36. The average molecular weight is 171 g/mol. The Labute approximate surface area is 75.5 Å². The summed E-state index contributed by atoms with van der Waals surface area (Å²) >= 11 is 0. The van der Waals surface area contributed by atoms with Gasteiger partial charge in [0, 0.05) is 5.41 Å². The molecule has 72 valence electrons. The summed E-state index contributed by atoms with van der Waals surface area (Å²) in [6.45, 7) is 7.86. The Morgan fingerprint density at radius 1 is 1.42 bits per heavy atom. The second kappa shape index (κ2) is 4.61. The third-order valence-electron chi connectivity index (χ3n) is 1.94. The number of carbonyl (C=O) groups is 1. The highest BCUT2D eigenvalue weighted by atomic mass is 16.1. The number of hydrogen-bond acceptors (Lipinski definition) is 2. The molecule has 2 heteroatoms. The first-order valence-corrected chi connectivity index (χ1v) is 4.69. The number of hydrogen-bond donors (Lipinski definition) is 1. The van der Waals surface area contributed by atoms with Gasteiger partial charge in [-0.2, -0.15) is 0 Å². The van der Waals surface area contributed by atoms with Crippen molar-refractivity contribution < 1.29 is 4.79 Å². The Bertz CT molecular complexity index is 146. The number of rotatable bonds is 4. The maximum Gasteiger partial charge on any atom is 0.154 e. The molecule has 0 radical (unpaired) electrons. The van der Waals surface area contributed by atoms with Crippen molar-refractivity contribution in [2.45, 2.75) is 53.0 Å². The first-order valence-electron chi connectivity index (χ1n) is 4.69. The van der Waals surface area contributed by atoms with E-state index < -0.39 is 0 Å². The van der Waals surface area contributed by atoms with Crippen molar-refractivity contribution in [2.24, 2.45) is 11.1 Å². The van der Waals surface area contributed by atoms with E-state index in [0.717, 1.165) is 19.3 Å². The van der Waals surface area contributed by atoms with Crippen molar-refractivity contribution in [3.05, 3.63) is 0 Å². The van der Waals surface area contributed by atoms with Gasteiger partial charge in [-0.25, -0.2) is 0 Å². The van der Waals surface area contributed by atoms with Crippen LogP contribution < -0.4 is 5.73 Å². The second-order valence-electron chi connectivity index (χ2n) is 4.36. The SMILES string of the molecule is CCCCC(N)C(=O)C(C)(C)C. The lowest BCUT2D eigenvalue weighted by Crippen LogP contribution is -2.38. The summed E-state index contributed by atoms with van der Waals surface area (Å²) in [7, 11) is 0. The lowest BCUT2D eigenvalue weighted by Gasteiger charge is -2.21. The zero-order valence-electron chi connectivity index (χ0n) is 8.68. The van der Waals surface area contributed by atoms with E-state index in [4.69, 9.17) is 5.73 Å². The Kier molecular flexibility index (Phi) is 4.46. The van der Waals surface area contributed by atoms with Gasteiger partial charge >= 0.3 is 0 Å². The molecule has 0 saturated heterocycles. The fourth-order valence-corrected chi connectivity index (χ4v) is 1.11. The number of ketones is 1. The maximum atomic E-state index is 11.5. The molecule has 12 heavy (non-hydrogen) atoms. The van der Waals surface area contributed by atoms with Gasteiger partial charge in [-0.3, -0.25) is 4.79 Å². The van der Waals surface area contributed by atoms with Gasteiger partial charge in [0.2, 0.25) is 0 Å². The predicted octanol–water partition coefficient (Wildman–Crippen LogP) is 2.12. The molecule has 0 aromatic rings. The van der Waals surface area contributed by atoms with Crippen molar-refractivity contribution >= 4 is 5.78 Å². The number of Topliss-reactive ketones (excluding diaryl/α,β-unsaturated/α-hetero) is 1. The molecule has 0 aliphatic heterocycles. The minimum Gasteiger partial charge on any atom is -0.321 e. The van der Waals surface area contributed by atoms with E-state index >= 15 is 0 Å². The van der Waals surface area contributed by atoms with Crippen LogP contribution in [0.2, 0.25) is 0 Å². The van der Waals surface area contributed by atoms with Gasteiger partial charge in [-0.15, -0.1) is 0 Å². The molecular formula is C10H21NO. The number of nitrogens with two attached hydrogens (primary N) is 1. The molecule has 0 bridgehead atoms. The van der Waals surface area contributed by atoms with Gasteiger partial charge in [0.15, 0.2) is 5.78 Å². The molecule has 0 saturated carbocycles. The summed E-state index contributed by atoms with van der Waals surface area (Å²) in [5.74, 6) is 0.177. The van der Waals surface area contributed by atoms with E-state index in [1.807, 2.05) is 20.8 Å². The first-order chi connectivity index (χ1) is 5.39. The van der Waals surface area contributed by atoms with Crippen LogP contribution in [0.5, 0.6) is 0 Å². The summed E-state index contributed by atoms with van der Waals surface area (Å²) in [4.78, 5) is 11.5. The molecule has 0 rings (SSSR count). The highest BCUT2D eigenvalue weighted by Gasteiger charge is 2.26. The summed E-state index contributed by atoms with van der Waals surface area (Å²) in [6, 6.07) is -0.259. The van der Waals surface area contributed by atoms with E-state index in [1.54, 1.807) is 0 Å². The number of unbranched alkanes of at least 4 members (excludes halogenated alkanes) is 1. The molecule has 0 heterocycles. The van der Waals surface area contributed by atoms with Gasteiger partial charge in [-0.05, 0) is 6.42 Å². The molecule has 0 spiro atoms. The third-order valence-corrected chi connectivity index (χ3v) is 1.94. The van der Waals surface area contributed by atoms with Crippen LogP contribution in [0.25, 0.3) is 0 Å². The zero-order valence-corrected chi connectivity index (χ0v) is 8.68. The van der Waals surface area contributed by atoms with Crippen LogP contribution in [0.3, 0.4) is 0 Å². The van der Waals surface area contributed by atoms with Crippen LogP contribution in [0, 0.1) is 5.41 Å². The minimum atomic E-state index is -0.285. The standard InChI is InChI=1S/C10H21NO/c1-5-6-7-8(11)9(12)10(2,3)4/h8H,5-7,11H2,1-4H3. The van der Waals surface area contributed by atoms with E-state index in [0.29, 0.717) is 0 Å². The number of carbonyl (C=O) groups excluding carboxylic acids is 1. The van der Waals surface area contributed by atoms with E-state index in [9.17, 15) is 4.79 Å². The molecule has 0 aromatic carbocycles. The Morgan fingerprint density at radius 3 is 2.25 bits per heavy atom. The Hall–Kier alpha value is -0.370. The largest absolute Gasteiger partial charge is 0.321 e. The summed E-state index contributed by atoms with van der Waals surface area (Å²) in [6.07, 6.45) is 2.97. The molecule has 2 nitrogen and oxygen atoms in total. The molecule has 0 amide bonds. The molecule has 0 aliphatic rings. The average Bonchev–Trinajstić information content (AvgIpc) is 1.97. The van der Waals surface area contributed by atoms with Crippen molar-refractivity contribution in [3.8, 4) is 0 Å². The molecule has 1 atom stereocenters. The van der Waals surface area contributed by atoms with E-state index in [-0.39, 0.29) is 17.2 Å². The van der Waals surface area contributed by atoms with Crippen LogP contribution in [-0.2, 0) is 4.79 Å². The monoisotopic (exact) mass is 171 g/mol. The summed E-state index contributed by atoms with van der Waals surface area (Å²) < 4.78 is 0. The third kappa shape index (κ3) is 3.86. The molecule has 1 unspecified atom stereocenters. The fraction of sp³-hybridized carbons (Fsp3) is 0.900. The lowest BCUT2D eigenvalue weighted by molar-refractivity contribution is -0.127. The lowest BCUT2D eigenvalue weighted by atomic mass is 9.85. The van der Waals surface area contributed by atoms with Gasteiger partial charge < -0.3 is 5.73 Å². The van der Waals surface area contributed by atoms with Gasteiger partial charge in [0.25, 0.3) is 0 Å². The van der Waals surface area contributed by atoms with Crippen molar-refractivity contribution in [2.75, 3.05) is 0 Å². The summed E-state index contributed by atoms with van der Waals surface area (Å²) in [5.41, 5.74) is 5.46. The Morgan fingerprint density at radius 2 is 1.92 bits per heavy atom. The molecule has 0 aromatic heterocycles. The van der Waals surface area contributed by atoms with Gasteiger partial charge in [-0.1, -0.05) is 40.5 Å². The van der Waals surface area contributed by atoms with Crippen molar-refractivity contribution in [3.63, 3.8) is 0 Å².